The fourth-order valence-electron chi connectivity index (χ4n) is 6.71. The fraction of sp³-hybridized carbons (Fsp3) is 0.667. The van der Waals surface area contributed by atoms with E-state index in [1.165, 1.54) is 19.3 Å². The molecule has 4 saturated carbocycles. The van der Waals surface area contributed by atoms with Gasteiger partial charge < -0.3 is 25.6 Å². The van der Waals surface area contributed by atoms with E-state index >= 15 is 0 Å². The average molecular weight is 427 g/mol. The van der Waals surface area contributed by atoms with E-state index in [0.29, 0.717) is 19.8 Å². The van der Waals surface area contributed by atoms with E-state index in [1.54, 1.807) is 0 Å². The number of carbonyl (C=O) groups excluding carboxylic acids is 2. The Bertz CT molecular complexity index is 786. The van der Waals surface area contributed by atoms with Crippen molar-refractivity contribution in [1.82, 2.24) is 10.6 Å². The number of anilines is 2. The van der Waals surface area contributed by atoms with E-state index in [9.17, 15) is 9.59 Å². The van der Waals surface area contributed by atoms with Crippen molar-refractivity contribution >= 4 is 23.3 Å². The molecule has 0 radical (unpaired) electrons. The second-order valence-corrected chi connectivity index (χ2v) is 9.99. The fourth-order valence-corrected chi connectivity index (χ4v) is 6.71. The van der Waals surface area contributed by atoms with Gasteiger partial charge in [0.25, 0.3) is 0 Å². The summed E-state index contributed by atoms with van der Waals surface area (Å²) in [6.45, 7) is 3.37. The van der Waals surface area contributed by atoms with E-state index in [4.69, 9.17) is 4.74 Å². The first kappa shape index (κ1) is 20.6. The lowest BCUT2D eigenvalue weighted by molar-refractivity contribution is -0.116. The number of amides is 3. The van der Waals surface area contributed by atoms with Crippen LogP contribution in [-0.4, -0.2) is 50.3 Å². The third-order valence-electron chi connectivity index (χ3n) is 7.58. The quantitative estimate of drug-likeness (QED) is 0.653. The number of hydrogen-bond acceptors (Lipinski definition) is 4. The van der Waals surface area contributed by atoms with E-state index < -0.39 is 0 Å². The number of morpholine rings is 1. The zero-order valence-corrected chi connectivity index (χ0v) is 18.2. The largest absolute Gasteiger partial charge is 0.378 e. The summed E-state index contributed by atoms with van der Waals surface area (Å²) in [6.07, 6.45) is 7.71. The van der Waals surface area contributed by atoms with Gasteiger partial charge in [0.2, 0.25) is 5.91 Å². The van der Waals surface area contributed by atoms with Gasteiger partial charge in [-0.3, -0.25) is 4.79 Å². The molecular formula is C24H34N4O3. The normalized spacial score (nSPS) is 31.4. The van der Waals surface area contributed by atoms with Gasteiger partial charge in [0.1, 0.15) is 0 Å². The molecule has 1 aromatic rings. The number of benzene rings is 1. The van der Waals surface area contributed by atoms with Crippen molar-refractivity contribution in [3.8, 4) is 0 Å². The maximum Gasteiger partial charge on any atom is 0.315 e. The van der Waals surface area contributed by atoms with Crippen LogP contribution in [-0.2, 0) is 9.53 Å². The van der Waals surface area contributed by atoms with Crippen molar-refractivity contribution in [3.05, 3.63) is 24.3 Å². The number of hydrogen-bond donors (Lipinski definition) is 3. The zero-order chi connectivity index (χ0) is 21.3. The first-order chi connectivity index (χ1) is 15.1. The van der Waals surface area contributed by atoms with Crippen molar-refractivity contribution in [2.24, 2.45) is 17.8 Å². The van der Waals surface area contributed by atoms with Crippen LogP contribution >= 0.6 is 0 Å². The summed E-state index contributed by atoms with van der Waals surface area (Å²) < 4.78 is 5.43. The highest BCUT2D eigenvalue weighted by Crippen LogP contribution is 2.55. The first-order valence-corrected chi connectivity index (χ1v) is 11.9. The van der Waals surface area contributed by atoms with Crippen molar-refractivity contribution in [1.29, 1.82) is 0 Å². The number of nitrogens with one attached hydrogen (secondary N) is 3. The third-order valence-corrected chi connectivity index (χ3v) is 7.58. The van der Waals surface area contributed by atoms with Gasteiger partial charge in [-0.15, -0.1) is 0 Å². The van der Waals surface area contributed by atoms with E-state index in [-0.39, 0.29) is 23.9 Å². The minimum Gasteiger partial charge on any atom is -0.378 e. The van der Waals surface area contributed by atoms with Gasteiger partial charge in [0.15, 0.2) is 0 Å². The molecule has 5 aliphatic rings. The molecule has 0 unspecified atom stereocenters. The molecule has 168 valence electrons. The monoisotopic (exact) mass is 426 g/mol. The molecule has 5 fully saturated rings. The molecular weight excluding hydrogens is 392 g/mol. The molecule has 0 aromatic heterocycles. The molecule has 1 aliphatic heterocycles. The Morgan fingerprint density at radius 2 is 1.65 bits per heavy atom. The summed E-state index contributed by atoms with van der Waals surface area (Å²) in [4.78, 5) is 27.3. The van der Waals surface area contributed by atoms with Gasteiger partial charge in [-0.2, -0.15) is 0 Å². The Morgan fingerprint density at radius 3 is 2.32 bits per heavy atom. The molecule has 3 amide bonds. The van der Waals surface area contributed by atoms with Crippen LogP contribution in [0.1, 0.15) is 44.9 Å². The predicted molar refractivity (Wildman–Crippen MR) is 120 cm³/mol. The number of ether oxygens (including phenoxy) is 1. The minimum absolute atomic E-state index is 0.00180. The molecule has 31 heavy (non-hydrogen) atoms. The van der Waals surface area contributed by atoms with Crippen molar-refractivity contribution < 1.29 is 14.3 Å². The van der Waals surface area contributed by atoms with Crippen LogP contribution in [0.15, 0.2) is 24.3 Å². The van der Waals surface area contributed by atoms with Crippen LogP contribution in [0.2, 0.25) is 0 Å². The summed E-state index contributed by atoms with van der Waals surface area (Å²) >= 11 is 0. The predicted octanol–water partition coefficient (Wildman–Crippen LogP) is 3.12. The highest BCUT2D eigenvalue weighted by atomic mass is 16.5. The Kier molecular flexibility index (Phi) is 5.78. The number of nitrogens with zero attached hydrogens (tertiary/aromatic N) is 1. The zero-order valence-electron chi connectivity index (χ0n) is 18.2. The van der Waals surface area contributed by atoms with Crippen molar-refractivity contribution in [2.75, 3.05) is 43.1 Å². The Labute approximate surface area is 184 Å². The molecule has 1 aromatic carbocycles. The molecule has 1 heterocycles. The molecule has 3 N–H and O–H groups in total. The van der Waals surface area contributed by atoms with Crippen LogP contribution in [0.25, 0.3) is 0 Å². The van der Waals surface area contributed by atoms with Crippen LogP contribution in [0, 0.1) is 17.8 Å². The molecule has 6 rings (SSSR count). The molecule has 4 bridgehead atoms. The average Bonchev–Trinajstić information content (AvgIpc) is 2.73. The topological polar surface area (TPSA) is 82.7 Å². The van der Waals surface area contributed by atoms with Gasteiger partial charge in [0.05, 0.1) is 24.6 Å². The van der Waals surface area contributed by atoms with Gasteiger partial charge in [-0.25, -0.2) is 4.79 Å². The summed E-state index contributed by atoms with van der Waals surface area (Å²) in [6, 6.07) is 7.74. The van der Waals surface area contributed by atoms with Crippen molar-refractivity contribution in [3.63, 3.8) is 0 Å². The molecule has 0 spiro atoms. The maximum atomic E-state index is 12.6. The lowest BCUT2D eigenvalue weighted by Gasteiger charge is -2.56. The van der Waals surface area contributed by atoms with Crippen LogP contribution in [0.5, 0.6) is 0 Å². The Hall–Kier alpha value is -2.28. The highest BCUT2D eigenvalue weighted by molar-refractivity contribution is 5.94. The molecule has 4 aliphatic carbocycles. The van der Waals surface area contributed by atoms with Gasteiger partial charge in [-0.05, 0) is 68.4 Å². The van der Waals surface area contributed by atoms with E-state index in [0.717, 1.165) is 61.5 Å². The Morgan fingerprint density at radius 1 is 1.00 bits per heavy atom. The number of para-hydroxylation sites is 2. The lowest BCUT2D eigenvalue weighted by atomic mass is 9.53. The molecule has 7 heteroatoms. The number of rotatable bonds is 6. The van der Waals surface area contributed by atoms with E-state index in [1.807, 2.05) is 24.3 Å². The van der Waals surface area contributed by atoms with Crippen LogP contribution in [0.3, 0.4) is 0 Å². The van der Waals surface area contributed by atoms with Gasteiger partial charge in [0, 0.05) is 31.6 Å². The maximum absolute atomic E-state index is 12.6. The summed E-state index contributed by atoms with van der Waals surface area (Å²) in [5.41, 5.74) is 1.83. The van der Waals surface area contributed by atoms with Crippen molar-refractivity contribution in [2.45, 2.75) is 50.5 Å². The lowest BCUT2D eigenvalue weighted by Crippen LogP contribution is -2.61. The van der Waals surface area contributed by atoms with Gasteiger partial charge >= 0.3 is 6.03 Å². The summed E-state index contributed by atoms with van der Waals surface area (Å²) in [7, 11) is 0. The minimum atomic E-state index is -0.122. The first-order valence-electron chi connectivity index (χ1n) is 11.9. The third kappa shape index (κ3) is 4.66. The smallest absolute Gasteiger partial charge is 0.315 e. The number of urea groups is 1. The SMILES string of the molecule is O=C(CCNC(=O)NC12CC3CC(CC(C3)C1)C2)Nc1ccccc1N1CCOCC1. The Balaban J connectivity index is 1.09. The second-order valence-electron chi connectivity index (χ2n) is 9.99. The number of carbonyl (C=O) groups is 2. The highest BCUT2D eigenvalue weighted by Gasteiger charge is 2.51. The molecule has 0 atom stereocenters. The van der Waals surface area contributed by atoms with Crippen LogP contribution in [0.4, 0.5) is 16.2 Å². The summed E-state index contributed by atoms with van der Waals surface area (Å²) in [5.74, 6) is 2.30. The second kappa shape index (κ2) is 8.69. The molecule has 1 saturated heterocycles. The van der Waals surface area contributed by atoms with E-state index in [2.05, 4.69) is 20.9 Å². The summed E-state index contributed by atoms with van der Waals surface area (Å²) in [5, 5.41) is 9.23. The molecule has 7 nitrogen and oxygen atoms in total. The van der Waals surface area contributed by atoms with Gasteiger partial charge in [-0.1, -0.05) is 12.1 Å². The van der Waals surface area contributed by atoms with Crippen LogP contribution < -0.4 is 20.9 Å². The standard InChI is InChI=1S/C24H34N4O3/c29-22(26-20-3-1-2-4-21(20)28-7-9-31-10-8-28)5-6-25-23(30)27-24-14-17-11-18(15-24)13-19(12-17)16-24/h1-4,17-19H,5-16H2,(H,26,29)(H2,25,27,30).